The second-order valence-corrected chi connectivity index (χ2v) is 7.07. The van der Waals surface area contributed by atoms with Gasteiger partial charge >= 0.3 is 0 Å². The smallest absolute Gasteiger partial charge is 0.274 e. The molecule has 0 aromatic carbocycles. The third-order valence-corrected chi connectivity index (χ3v) is 5.68. The number of thiazole rings is 1. The zero-order chi connectivity index (χ0) is 15.7. The van der Waals surface area contributed by atoms with Crippen molar-refractivity contribution in [2.75, 3.05) is 13.1 Å². The molecule has 22 heavy (non-hydrogen) atoms. The first-order chi connectivity index (χ1) is 10.5. The van der Waals surface area contributed by atoms with Crippen LogP contribution in [0.25, 0.3) is 0 Å². The average Bonchev–Trinajstić information content (AvgIpc) is 3.17. The maximum absolute atomic E-state index is 12.6. The number of rotatable bonds is 3. The van der Waals surface area contributed by atoms with E-state index in [0.29, 0.717) is 5.69 Å². The summed E-state index contributed by atoms with van der Waals surface area (Å²) in [6.45, 7) is 8.61. The minimum atomic E-state index is 0.0523. The highest BCUT2D eigenvalue weighted by atomic mass is 32.1. The number of nitrogens with zero attached hydrogens (tertiary/aromatic N) is 4. The van der Waals surface area contributed by atoms with Gasteiger partial charge in [-0.25, -0.2) is 4.98 Å². The van der Waals surface area contributed by atoms with Gasteiger partial charge in [0.15, 0.2) is 5.69 Å². The van der Waals surface area contributed by atoms with E-state index >= 15 is 0 Å². The van der Waals surface area contributed by atoms with Crippen molar-refractivity contribution in [2.24, 2.45) is 0 Å². The molecule has 1 fully saturated rings. The Morgan fingerprint density at radius 1 is 1.41 bits per heavy atom. The molecule has 0 N–H and O–H groups in total. The predicted octanol–water partition coefficient (Wildman–Crippen LogP) is 2.86. The van der Waals surface area contributed by atoms with Crippen LogP contribution in [0.5, 0.6) is 0 Å². The molecule has 5 nitrogen and oxygen atoms in total. The monoisotopic (exact) mass is 318 g/mol. The van der Waals surface area contributed by atoms with Crippen LogP contribution in [0.15, 0.2) is 17.6 Å². The number of amides is 1. The maximum Gasteiger partial charge on any atom is 0.274 e. The third kappa shape index (κ3) is 2.67. The van der Waals surface area contributed by atoms with E-state index < -0.39 is 0 Å². The van der Waals surface area contributed by atoms with Crippen LogP contribution < -0.4 is 0 Å². The van der Waals surface area contributed by atoms with Gasteiger partial charge in [0.05, 0.1) is 5.01 Å². The fourth-order valence-electron chi connectivity index (χ4n) is 3.04. The van der Waals surface area contributed by atoms with Crippen LogP contribution in [0, 0.1) is 6.92 Å². The second-order valence-electron chi connectivity index (χ2n) is 6.18. The summed E-state index contributed by atoms with van der Waals surface area (Å²) in [5.74, 6) is 0.0523. The van der Waals surface area contributed by atoms with Gasteiger partial charge in [-0.1, -0.05) is 6.92 Å². The number of hydrogen-bond donors (Lipinski definition) is 0. The molecule has 0 unspecified atom stereocenters. The molecule has 0 saturated carbocycles. The van der Waals surface area contributed by atoms with Gasteiger partial charge in [-0.05, 0) is 32.8 Å². The Labute approximate surface area is 135 Å². The standard InChI is InChI=1S/C16H22N4OS/c1-4-20-12(2)11-13(18-20)14(21)19-8-5-16(3,6-9-19)15-17-7-10-22-15/h7,10-11H,4-6,8-9H2,1-3H3. The molecule has 1 aliphatic heterocycles. The summed E-state index contributed by atoms with van der Waals surface area (Å²) in [7, 11) is 0. The van der Waals surface area contributed by atoms with Crippen molar-refractivity contribution < 1.29 is 4.79 Å². The van der Waals surface area contributed by atoms with Gasteiger partial charge in [-0.2, -0.15) is 5.10 Å². The van der Waals surface area contributed by atoms with Crippen molar-refractivity contribution in [3.05, 3.63) is 34.0 Å². The summed E-state index contributed by atoms with van der Waals surface area (Å²) in [4.78, 5) is 19.0. The summed E-state index contributed by atoms with van der Waals surface area (Å²) in [6.07, 6.45) is 3.78. The van der Waals surface area contributed by atoms with Gasteiger partial charge in [-0.15, -0.1) is 11.3 Å². The molecule has 2 aromatic rings. The number of aromatic nitrogens is 3. The lowest BCUT2D eigenvalue weighted by molar-refractivity contribution is 0.0669. The molecule has 1 saturated heterocycles. The topological polar surface area (TPSA) is 51.0 Å². The minimum absolute atomic E-state index is 0.0523. The Kier molecular flexibility index (Phi) is 4.04. The van der Waals surface area contributed by atoms with Crippen LogP contribution in [-0.4, -0.2) is 38.7 Å². The number of carbonyl (C=O) groups excluding carboxylic acids is 1. The van der Waals surface area contributed by atoms with Gasteiger partial charge < -0.3 is 4.90 Å². The lowest BCUT2D eigenvalue weighted by atomic mass is 9.81. The molecule has 2 aromatic heterocycles. The molecule has 1 aliphatic rings. The van der Waals surface area contributed by atoms with E-state index in [1.165, 1.54) is 5.01 Å². The van der Waals surface area contributed by atoms with Gasteiger partial charge in [0.2, 0.25) is 0 Å². The number of carbonyl (C=O) groups is 1. The maximum atomic E-state index is 12.6. The molecule has 118 valence electrons. The minimum Gasteiger partial charge on any atom is -0.337 e. The molecule has 3 rings (SSSR count). The quantitative estimate of drug-likeness (QED) is 0.874. The summed E-state index contributed by atoms with van der Waals surface area (Å²) < 4.78 is 1.87. The highest BCUT2D eigenvalue weighted by Gasteiger charge is 2.35. The zero-order valence-electron chi connectivity index (χ0n) is 13.4. The first-order valence-corrected chi connectivity index (χ1v) is 8.65. The van der Waals surface area contributed by atoms with Crippen molar-refractivity contribution in [1.82, 2.24) is 19.7 Å². The Hall–Kier alpha value is -1.69. The Morgan fingerprint density at radius 2 is 2.14 bits per heavy atom. The van der Waals surface area contributed by atoms with Crippen molar-refractivity contribution in [3.8, 4) is 0 Å². The largest absolute Gasteiger partial charge is 0.337 e. The normalized spacial score (nSPS) is 17.7. The summed E-state index contributed by atoms with van der Waals surface area (Å²) in [5.41, 5.74) is 1.71. The van der Waals surface area contributed by atoms with Crippen molar-refractivity contribution in [2.45, 2.75) is 45.6 Å². The van der Waals surface area contributed by atoms with Crippen LogP contribution in [0.4, 0.5) is 0 Å². The molecule has 1 amide bonds. The molecular formula is C16H22N4OS. The molecule has 0 bridgehead atoms. The fourth-order valence-corrected chi connectivity index (χ4v) is 3.90. The average molecular weight is 318 g/mol. The van der Waals surface area contributed by atoms with E-state index in [9.17, 15) is 4.79 Å². The molecule has 6 heteroatoms. The van der Waals surface area contributed by atoms with E-state index in [2.05, 4.69) is 17.0 Å². The van der Waals surface area contributed by atoms with Gasteiger partial charge in [0, 0.05) is 42.3 Å². The number of aryl methyl sites for hydroxylation is 2. The van der Waals surface area contributed by atoms with Crippen LogP contribution in [0.2, 0.25) is 0 Å². The van der Waals surface area contributed by atoms with Gasteiger partial charge in [-0.3, -0.25) is 9.48 Å². The van der Waals surface area contributed by atoms with Crippen molar-refractivity contribution in [3.63, 3.8) is 0 Å². The first-order valence-electron chi connectivity index (χ1n) is 7.77. The number of hydrogen-bond acceptors (Lipinski definition) is 4. The number of likely N-dealkylation sites (tertiary alicyclic amines) is 1. The van der Waals surface area contributed by atoms with Gasteiger partial charge in [0.25, 0.3) is 5.91 Å². The molecule has 0 atom stereocenters. The predicted molar refractivity (Wildman–Crippen MR) is 87.2 cm³/mol. The first kappa shape index (κ1) is 15.2. The van der Waals surface area contributed by atoms with Crippen molar-refractivity contribution in [1.29, 1.82) is 0 Å². The van der Waals surface area contributed by atoms with E-state index in [-0.39, 0.29) is 11.3 Å². The Balaban J connectivity index is 1.69. The van der Waals surface area contributed by atoms with Crippen molar-refractivity contribution >= 4 is 17.2 Å². The van der Waals surface area contributed by atoms with Gasteiger partial charge in [0.1, 0.15) is 0 Å². The van der Waals surface area contributed by atoms with E-state index in [0.717, 1.165) is 38.2 Å². The summed E-state index contributed by atoms with van der Waals surface area (Å²) >= 11 is 1.71. The molecular weight excluding hydrogens is 296 g/mol. The Morgan fingerprint density at radius 3 is 2.68 bits per heavy atom. The lowest BCUT2D eigenvalue weighted by Crippen LogP contribution is -2.44. The highest BCUT2D eigenvalue weighted by molar-refractivity contribution is 7.09. The molecule has 0 spiro atoms. The van der Waals surface area contributed by atoms with E-state index in [4.69, 9.17) is 0 Å². The lowest BCUT2D eigenvalue weighted by Gasteiger charge is -2.37. The second kappa shape index (κ2) is 5.83. The SMILES string of the molecule is CCn1nc(C(=O)N2CCC(C)(c3nccs3)CC2)cc1C. The molecule has 0 radical (unpaired) electrons. The fraction of sp³-hybridized carbons (Fsp3) is 0.562. The third-order valence-electron chi connectivity index (χ3n) is 4.60. The zero-order valence-corrected chi connectivity index (χ0v) is 14.2. The van der Waals surface area contributed by atoms with Crippen LogP contribution >= 0.6 is 11.3 Å². The highest BCUT2D eigenvalue weighted by Crippen LogP contribution is 2.36. The molecule has 3 heterocycles. The van der Waals surface area contributed by atoms with Crippen LogP contribution in [-0.2, 0) is 12.0 Å². The summed E-state index contributed by atoms with van der Waals surface area (Å²) in [5, 5.41) is 7.62. The van der Waals surface area contributed by atoms with Crippen LogP contribution in [0.3, 0.4) is 0 Å². The van der Waals surface area contributed by atoms with E-state index in [1.54, 1.807) is 11.3 Å². The number of piperidine rings is 1. The Bertz CT molecular complexity index is 654. The van der Waals surface area contributed by atoms with Crippen LogP contribution in [0.1, 0.15) is 47.9 Å². The summed E-state index contributed by atoms with van der Waals surface area (Å²) in [6, 6.07) is 1.89. The van der Waals surface area contributed by atoms with E-state index in [1.807, 2.05) is 41.1 Å². The molecule has 0 aliphatic carbocycles.